The molecule has 4 unspecified atom stereocenters. The minimum Gasteiger partial charge on any atom is -0.508 e. The molecule has 0 aliphatic carbocycles. The van der Waals surface area contributed by atoms with Crippen LogP contribution in [0.1, 0.15) is 97.5 Å². The molecule has 0 saturated carbocycles. The second-order valence-corrected chi connectivity index (χ2v) is 16.5. The number of rotatable bonds is 18. The number of phenols is 1. The standard InChI is InChI=1S/C42H65N11O12/c1-5-23(4)36-42(65)51-27(15-16-31(43)55)39(62)52-30(19-32(44)56)40(63)50-26(37(60)47-21-35(59)49-28(17-22(2)3)38(61)46-20-33(45)57)9-7-6-8-10-34(58)48-29(41(64)53-36)18-24-11-13-25(54)14-12-24/h11-14,22-23,26-30,36,54H,5-10,15-21H2,1-4H3,(H2,43,55)(H2,44,56)(H2,45,57)(H,46,61)(H,47,60)(H,48,58)(H,49,59)(H,50,63)(H,51,65)(H,52,62)(H,53,64)/t23?,26-,27+,28-,29?,30?,36?/m0/s1. The molecular formula is C42H65N11O12. The van der Waals surface area contributed by atoms with E-state index in [1.807, 2.05) is 0 Å². The van der Waals surface area contributed by atoms with Crippen molar-refractivity contribution in [2.24, 2.45) is 29.0 Å². The fraction of sp³-hybridized carbons (Fsp3) is 0.595. The molecule has 65 heavy (non-hydrogen) atoms. The van der Waals surface area contributed by atoms with Crippen LogP contribution in [-0.4, -0.2) is 119 Å². The zero-order valence-electron chi connectivity index (χ0n) is 37.3. The highest BCUT2D eigenvalue weighted by atomic mass is 16.3. The van der Waals surface area contributed by atoms with E-state index in [-0.39, 0.29) is 56.6 Å². The van der Waals surface area contributed by atoms with E-state index < -0.39 is 133 Å². The molecule has 0 spiro atoms. The van der Waals surface area contributed by atoms with Gasteiger partial charge in [0.15, 0.2) is 0 Å². The van der Waals surface area contributed by atoms with Crippen LogP contribution in [0.3, 0.4) is 0 Å². The summed E-state index contributed by atoms with van der Waals surface area (Å²) >= 11 is 0. The van der Waals surface area contributed by atoms with E-state index in [0.29, 0.717) is 18.4 Å². The average Bonchev–Trinajstić information content (AvgIpc) is 3.23. The molecule has 2 rings (SSSR count). The van der Waals surface area contributed by atoms with E-state index in [1.54, 1.807) is 39.8 Å². The van der Waals surface area contributed by atoms with Crippen molar-refractivity contribution in [2.75, 3.05) is 13.1 Å². The van der Waals surface area contributed by atoms with Gasteiger partial charge in [-0.2, -0.15) is 0 Å². The van der Waals surface area contributed by atoms with Gasteiger partial charge in [-0.15, -0.1) is 0 Å². The summed E-state index contributed by atoms with van der Waals surface area (Å²) in [6, 6.07) is -2.31. The van der Waals surface area contributed by atoms with Crippen LogP contribution in [0.25, 0.3) is 0 Å². The molecule has 11 amide bonds. The SMILES string of the molecule is CCC(C)C1NC(=O)C(Cc2ccc(O)cc2)NC(=O)CCCCC[C@@H](C(=O)NCC(=O)N[C@@H](CC(C)C)C(=O)NCC(N)=O)NC(=O)C(CC(N)=O)NC(=O)[C@@H](CCC(N)=O)NC1=O. The maximum Gasteiger partial charge on any atom is 0.243 e. The first kappa shape index (κ1) is 54.3. The van der Waals surface area contributed by atoms with E-state index >= 15 is 0 Å². The smallest absolute Gasteiger partial charge is 0.243 e. The highest BCUT2D eigenvalue weighted by molar-refractivity contribution is 5.98. The summed E-state index contributed by atoms with van der Waals surface area (Å²) in [4.78, 5) is 143. The van der Waals surface area contributed by atoms with Gasteiger partial charge in [0.1, 0.15) is 42.0 Å². The second-order valence-electron chi connectivity index (χ2n) is 16.5. The van der Waals surface area contributed by atoms with E-state index in [2.05, 4.69) is 42.5 Å². The zero-order valence-corrected chi connectivity index (χ0v) is 37.3. The molecule has 0 radical (unpaired) electrons. The van der Waals surface area contributed by atoms with Crippen LogP contribution in [0.5, 0.6) is 5.75 Å². The molecule has 1 heterocycles. The Hall–Kier alpha value is -6.81. The molecule has 0 aromatic heterocycles. The van der Waals surface area contributed by atoms with Crippen molar-refractivity contribution in [1.29, 1.82) is 0 Å². The molecule has 1 aliphatic rings. The van der Waals surface area contributed by atoms with Crippen LogP contribution in [0, 0.1) is 11.8 Å². The fourth-order valence-electron chi connectivity index (χ4n) is 6.69. The van der Waals surface area contributed by atoms with Gasteiger partial charge in [-0.3, -0.25) is 52.7 Å². The monoisotopic (exact) mass is 915 g/mol. The third kappa shape index (κ3) is 20.5. The van der Waals surface area contributed by atoms with E-state index in [1.165, 1.54) is 12.1 Å². The number of hydrogen-bond donors (Lipinski definition) is 12. The number of carbonyl (C=O) groups is 11. The Bertz CT molecular complexity index is 1880. The number of primary amides is 3. The summed E-state index contributed by atoms with van der Waals surface area (Å²) in [5, 5.41) is 29.8. The number of benzene rings is 1. The summed E-state index contributed by atoms with van der Waals surface area (Å²) in [6.45, 7) is 5.87. The lowest BCUT2D eigenvalue weighted by Crippen LogP contribution is -2.60. The molecule has 1 aliphatic heterocycles. The van der Waals surface area contributed by atoms with Gasteiger partial charge < -0.3 is 64.8 Å². The van der Waals surface area contributed by atoms with E-state index in [0.717, 1.165) is 0 Å². The minimum absolute atomic E-state index is 0.0245. The average molecular weight is 916 g/mol. The van der Waals surface area contributed by atoms with E-state index in [9.17, 15) is 57.8 Å². The lowest BCUT2D eigenvalue weighted by Gasteiger charge is -2.29. The molecule has 7 atom stereocenters. The molecule has 360 valence electrons. The Morgan fingerprint density at radius 3 is 1.95 bits per heavy atom. The molecule has 15 N–H and O–H groups in total. The van der Waals surface area contributed by atoms with Crippen molar-refractivity contribution < 1.29 is 57.8 Å². The maximum absolute atomic E-state index is 13.9. The highest BCUT2D eigenvalue weighted by Gasteiger charge is 2.35. The molecule has 1 fully saturated rings. The topological polar surface area (TPSA) is 382 Å². The Morgan fingerprint density at radius 1 is 0.723 bits per heavy atom. The van der Waals surface area contributed by atoms with Gasteiger partial charge in [0.2, 0.25) is 65.0 Å². The molecular weight excluding hydrogens is 851 g/mol. The normalized spacial score (nSPS) is 21.4. The molecule has 23 heteroatoms. The predicted molar refractivity (Wildman–Crippen MR) is 233 cm³/mol. The first-order chi connectivity index (χ1) is 30.6. The summed E-state index contributed by atoms with van der Waals surface area (Å²) in [6.07, 6.45) is -0.434. The van der Waals surface area contributed by atoms with Gasteiger partial charge in [-0.25, -0.2) is 0 Å². The summed E-state index contributed by atoms with van der Waals surface area (Å²) in [5.41, 5.74) is 16.5. The molecule has 1 saturated heterocycles. The lowest BCUT2D eigenvalue weighted by molar-refractivity contribution is -0.136. The lowest BCUT2D eigenvalue weighted by atomic mass is 9.96. The quantitative estimate of drug-likeness (QED) is 0.0692. The van der Waals surface area contributed by atoms with Crippen molar-refractivity contribution in [1.82, 2.24) is 42.5 Å². The number of nitrogens with two attached hydrogens (primary N) is 3. The van der Waals surface area contributed by atoms with Crippen LogP contribution in [-0.2, 0) is 59.2 Å². The zero-order chi connectivity index (χ0) is 48.8. The van der Waals surface area contributed by atoms with Gasteiger partial charge in [0.05, 0.1) is 19.5 Å². The van der Waals surface area contributed by atoms with Crippen molar-refractivity contribution in [2.45, 2.75) is 135 Å². The number of hydrogen-bond acceptors (Lipinski definition) is 12. The Balaban J connectivity index is 2.50. The van der Waals surface area contributed by atoms with Crippen LogP contribution in [0.2, 0.25) is 0 Å². The highest BCUT2D eigenvalue weighted by Crippen LogP contribution is 2.15. The van der Waals surface area contributed by atoms with Crippen LogP contribution in [0.15, 0.2) is 24.3 Å². The number of nitrogens with one attached hydrogen (secondary N) is 8. The van der Waals surface area contributed by atoms with Crippen molar-refractivity contribution in [3.05, 3.63) is 29.8 Å². The van der Waals surface area contributed by atoms with Gasteiger partial charge in [0, 0.05) is 19.3 Å². The van der Waals surface area contributed by atoms with E-state index in [4.69, 9.17) is 17.2 Å². The number of amides is 11. The van der Waals surface area contributed by atoms with Gasteiger partial charge in [-0.1, -0.05) is 59.1 Å². The second kappa shape index (κ2) is 27.4. The van der Waals surface area contributed by atoms with Crippen molar-refractivity contribution >= 4 is 65.0 Å². The third-order valence-corrected chi connectivity index (χ3v) is 10.4. The van der Waals surface area contributed by atoms with Gasteiger partial charge in [0.25, 0.3) is 0 Å². The largest absolute Gasteiger partial charge is 0.508 e. The number of phenolic OH excluding ortho intramolecular Hbond substituents is 1. The first-order valence-electron chi connectivity index (χ1n) is 21.6. The minimum atomic E-state index is -1.72. The molecule has 0 bridgehead atoms. The summed E-state index contributed by atoms with van der Waals surface area (Å²) in [5.74, 6) is -9.88. The first-order valence-corrected chi connectivity index (χ1v) is 21.6. The predicted octanol–water partition coefficient (Wildman–Crippen LogP) is -3.24. The maximum atomic E-state index is 13.9. The van der Waals surface area contributed by atoms with Gasteiger partial charge in [-0.05, 0) is 55.2 Å². The molecule has 1 aromatic carbocycles. The van der Waals surface area contributed by atoms with Gasteiger partial charge >= 0.3 is 0 Å². The van der Waals surface area contributed by atoms with Crippen LogP contribution < -0.4 is 59.7 Å². The number of carbonyl (C=O) groups excluding carboxylic acids is 11. The summed E-state index contributed by atoms with van der Waals surface area (Å²) in [7, 11) is 0. The Kier molecular flexibility index (Phi) is 22.9. The van der Waals surface area contributed by atoms with Crippen molar-refractivity contribution in [3.63, 3.8) is 0 Å². The van der Waals surface area contributed by atoms with Crippen LogP contribution >= 0.6 is 0 Å². The Labute approximate surface area is 377 Å². The molecule has 1 aromatic rings. The van der Waals surface area contributed by atoms with Crippen LogP contribution in [0.4, 0.5) is 0 Å². The Morgan fingerprint density at radius 2 is 1.35 bits per heavy atom. The number of aromatic hydroxyl groups is 1. The third-order valence-electron chi connectivity index (χ3n) is 10.4. The van der Waals surface area contributed by atoms with Crippen molar-refractivity contribution in [3.8, 4) is 5.75 Å². The fourth-order valence-corrected chi connectivity index (χ4v) is 6.69. The molecule has 23 nitrogen and oxygen atoms in total. The summed E-state index contributed by atoms with van der Waals surface area (Å²) < 4.78 is 0.